The van der Waals surface area contributed by atoms with Crippen LogP contribution in [0.2, 0.25) is 0 Å². The Balaban J connectivity index is 1.90. The normalized spacial score (nSPS) is 11.5. The first kappa shape index (κ1) is 13.4. The van der Waals surface area contributed by atoms with Gasteiger partial charge in [-0.15, -0.1) is 0 Å². The molecule has 3 aromatic rings. The van der Waals surface area contributed by atoms with Gasteiger partial charge in [0.05, 0.1) is 11.9 Å². The lowest BCUT2D eigenvalue weighted by Crippen LogP contribution is -2.12. The van der Waals surface area contributed by atoms with E-state index >= 15 is 0 Å². The summed E-state index contributed by atoms with van der Waals surface area (Å²) in [4.78, 5) is 0.122. The molecule has 0 aliphatic rings. The third kappa shape index (κ3) is 2.79. The number of aromatic amines is 1. The summed E-state index contributed by atoms with van der Waals surface area (Å²) in [6.45, 7) is 0. The molecule has 1 aromatic carbocycles. The van der Waals surface area contributed by atoms with E-state index in [9.17, 15) is 8.42 Å². The maximum atomic E-state index is 12.2. The van der Waals surface area contributed by atoms with Gasteiger partial charge in [-0.25, -0.2) is 8.42 Å². The van der Waals surface area contributed by atoms with E-state index in [0.717, 1.165) is 11.3 Å². The number of hydrogen-bond donors (Lipinski definition) is 2. The number of sulfonamides is 1. The van der Waals surface area contributed by atoms with E-state index in [0.29, 0.717) is 5.69 Å². The van der Waals surface area contributed by atoms with Crippen LogP contribution in [0.4, 0.5) is 5.69 Å². The summed E-state index contributed by atoms with van der Waals surface area (Å²) in [6.07, 6.45) is 4.39. The molecule has 21 heavy (non-hydrogen) atoms. The van der Waals surface area contributed by atoms with Crippen molar-refractivity contribution in [2.75, 3.05) is 4.72 Å². The molecule has 0 atom stereocenters. The molecule has 2 heterocycles. The van der Waals surface area contributed by atoms with Crippen LogP contribution in [0, 0.1) is 0 Å². The Bertz CT molecular complexity index is 852. The summed E-state index contributed by atoms with van der Waals surface area (Å²) in [5.41, 5.74) is 2.14. The van der Waals surface area contributed by atoms with Gasteiger partial charge in [-0.2, -0.15) is 10.2 Å². The molecule has 2 N–H and O–H groups in total. The van der Waals surface area contributed by atoms with Crippen LogP contribution in [-0.2, 0) is 17.1 Å². The molecule has 0 unspecified atom stereocenters. The Morgan fingerprint density at radius 2 is 2.14 bits per heavy atom. The minimum atomic E-state index is -3.64. The number of H-pyrrole nitrogens is 1. The lowest BCUT2D eigenvalue weighted by molar-refractivity contribution is 0.601. The van der Waals surface area contributed by atoms with Crippen molar-refractivity contribution < 1.29 is 8.42 Å². The second-order valence-corrected chi connectivity index (χ2v) is 6.19. The van der Waals surface area contributed by atoms with Gasteiger partial charge >= 0.3 is 0 Å². The fourth-order valence-corrected chi connectivity index (χ4v) is 2.95. The van der Waals surface area contributed by atoms with Gasteiger partial charge in [0.25, 0.3) is 10.0 Å². The third-order valence-corrected chi connectivity index (χ3v) is 4.25. The van der Waals surface area contributed by atoms with Crippen LogP contribution < -0.4 is 4.72 Å². The predicted molar refractivity (Wildman–Crippen MR) is 78.0 cm³/mol. The van der Waals surface area contributed by atoms with Crippen molar-refractivity contribution in [3.63, 3.8) is 0 Å². The van der Waals surface area contributed by atoms with Gasteiger partial charge in [-0.05, 0) is 18.2 Å². The molecule has 0 saturated heterocycles. The van der Waals surface area contributed by atoms with Crippen LogP contribution in [0.25, 0.3) is 11.3 Å². The molecule has 7 nitrogen and oxygen atoms in total. The minimum absolute atomic E-state index is 0.122. The Labute approximate surface area is 121 Å². The molecule has 108 valence electrons. The van der Waals surface area contributed by atoms with Crippen LogP contribution in [0.5, 0.6) is 0 Å². The smallest absolute Gasteiger partial charge is 0.265 e. The van der Waals surface area contributed by atoms with Crippen molar-refractivity contribution in [3.05, 3.63) is 48.9 Å². The van der Waals surface area contributed by atoms with Crippen LogP contribution >= 0.6 is 0 Å². The molecule has 0 bridgehead atoms. The number of nitrogens with one attached hydrogen (secondary N) is 2. The van der Waals surface area contributed by atoms with Gasteiger partial charge in [0, 0.05) is 30.7 Å². The molecular weight excluding hydrogens is 290 g/mol. The molecule has 0 radical (unpaired) electrons. The quantitative estimate of drug-likeness (QED) is 0.766. The molecule has 0 saturated carbocycles. The largest absolute Gasteiger partial charge is 0.280 e. The highest BCUT2D eigenvalue weighted by molar-refractivity contribution is 7.92. The monoisotopic (exact) mass is 303 g/mol. The molecule has 0 aliphatic heterocycles. The number of aryl methyl sites for hydroxylation is 1. The van der Waals surface area contributed by atoms with Crippen molar-refractivity contribution in [3.8, 4) is 11.3 Å². The van der Waals surface area contributed by atoms with E-state index in [1.54, 1.807) is 31.4 Å². The number of nitrogens with zero attached hydrogens (tertiary/aromatic N) is 3. The van der Waals surface area contributed by atoms with Gasteiger partial charge in [-0.3, -0.25) is 14.5 Å². The van der Waals surface area contributed by atoms with Gasteiger partial charge in [-0.1, -0.05) is 12.1 Å². The second-order valence-electron chi connectivity index (χ2n) is 4.51. The number of anilines is 1. The zero-order chi connectivity index (χ0) is 14.9. The standard InChI is InChI=1S/C13H13N5O2S/c1-18-9-12(8-15-18)21(19,20)17-11-4-2-3-10(7-11)13-5-6-14-16-13/h2-9,17H,1H3,(H,14,16). The molecule has 0 amide bonds. The fourth-order valence-electron chi connectivity index (χ4n) is 1.92. The van der Waals surface area contributed by atoms with Crippen molar-refractivity contribution in [2.45, 2.75) is 4.90 Å². The molecule has 3 rings (SSSR count). The summed E-state index contributed by atoms with van der Waals surface area (Å²) in [6, 6.07) is 8.89. The third-order valence-electron chi connectivity index (χ3n) is 2.92. The average Bonchev–Trinajstić information content (AvgIpc) is 3.09. The summed E-state index contributed by atoms with van der Waals surface area (Å²) < 4.78 is 28.4. The van der Waals surface area contributed by atoms with Gasteiger partial charge in [0.15, 0.2) is 0 Å². The molecular formula is C13H13N5O2S. The fraction of sp³-hybridized carbons (Fsp3) is 0.0769. The Kier molecular flexibility index (Phi) is 3.22. The lowest BCUT2D eigenvalue weighted by Gasteiger charge is -2.07. The summed E-state index contributed by atoms with van der Waals surface area (Å²) in [5.74, 6) is 0. The van der Waals surface area contributed by atoms with Crippen LogP contribution in [0.1, 0.15) is 0 Å². The van der Waals surface area contributed by atoms with Crippen LogP contribution in [-0.4, -0.2) is 28.4 Å². The summed E-state index contributed by atoms with van der Waals surface area (Å²) in [7, 11) is -1.97. The highest BCUT2D eigenvalue weighted by Gasteiger charge is 2.16. The lowest BCUT2D eigenvalue weighted by atomic mass is 10.1. The average molecular weight is 303 g/mol. The molecule has 0 spiro atoms. The van der Waals surface area contributed by atoms with Crippen molar-refractivity contribution in [1.82, 2.24) is 20.0 Å². The number of aromatic nitrogens is 4. The number of benzene rings is 1. The van der Waals surface area contributed by atoms with Gasteiger partial charge < -0.3 is 0 Å². The van der Waals surface area contributed by atoms with Crippen molar-refractivity contribution in [2.24, 2.45) is 7.05 Å². The van der Waals surface area contributed by atoms with E-state index in [-0.39, 0.29) is 4.90 Å². The van der Waals surface area contributed by atoms with Crippen LogP contribution in [0.15, 0.2) is 53.8 Å². The minimum Gasteiger partial charge on any atom is -0.280 e. The predicted octanol–water partition coefficient (Wildman–Crippen LogP) is 1.61. The number of hydrogen-bond acceptors (Lipinski definition) is 4. The van der Waals surface area contributed by atoms with E-state index in [1.165, 1.54) is 17.1 Å². The van der Waals surface area contributed by atoms with Gasteiger partial charge in [0.2, 0.25) is 0 Å². The topological polar surface area (TPSA) is 92.7 Å². The molecule has 0 fully saturated rings. The summed E-state index contributed by atoms with van der Waals surface area (Å²) >= 11 is 0. The Hall–Kier alpha value is -2.61. The van der Waals surface area contributed by atoms with Crippen molar-refractivity contribution >= 4 is 15.7 Å². The highest BCUT2D eigenvalue weighted by Crippen LogP contribution is 2.22. The first-order valence-electron chi connectivity index (χ1n) is 6.16. The van der Waals surface area contributed by atoms with E-state index in [4.69, 9.17) is 0 Å². The molecule has 2 aromatic heterocycles. The van der Waals surface area contributed by atoms with E-state index in [2.05, 4.69) is 20.0 Å². The number of rotatable bonds is 4. The van der Waals surface area contributed by atoms with E-state index < -0.39 is 10.0 Å². The second kappa shape index (κ2) is 5.06. The maximum absolute atomic E-state index is 12.2. The highest BCUT2D eigenvalue weighted by atomic mass is 32.2. The maximum Gasteiger partial charge on any atom is 0.265 e. The van der Waals surface area contributed by atoms with Gasteiger partial charge in [0.1, 0.15) is 4.90 Å². The molecule has 8 heteroatoms. The zero-order valence-corrected chi connectivity index (χ0v) is 12.0. The Morgan fingerprint density at radius 3 is 2.81 bits per heavy atom. The SMILES string of the molecule is Cn1cc(S(=O)(=O)Nc2cccc(-c3ccn[nH]3)c2)cn1. The first-order chi connectivity index (χ1) is 10.0. The van der Waals surface area contributed by atoms with E-state index in [1.807, 2.05) is 12.1 Å². The van der Waals surface area contributed by atoms with Crippen molar-refractivity contribution in [1.29, 1.82) is 0 Å². The summed E-state index contributed by atoms with van der Waals surface area (Å²) in [5, 5.41) is 10.6. The van der Waals surface area contributed by atoms with Crippen LogP contribution in [0.3, 0.4) is 0 Å². The molecule has 0 aliphatic carbocycles. The zero-order valence-electron chi connectivity index (χ0n) is 11.2. The first-order valence-corrected chi connectivity index (χ1v) is 7.64. The Morgan fingerprint density at radius 1 is 1.29 bits per heavy atom.